The van der Waals surface area contributed by atoms with Gasteiger partial charge in [-0.2, -0.15) is 0 Å². The third-order valence-corrected chi connectivity index (χ3v) is 5.58. The number of fused-ring (bicyclic) bond motifs is 1. The Balaban J connectivity index is 2.37. The number of ether oxygens (including phenoxy) is 1. The van der Waals surface area contributed by atoms with Gasteiger partial charge in [0.15, 0.2) is 0 Å². The largest absolute Gasteiger partial charge is 0.469 e. The van der Waals surface area contributed by atoms with E-state index in [1.54, 1.807) is 0 Å². The van der Waals surface area contributed by atoms with Crippen molar-refractivity contribution >= 4 is 5.97 Å². The summed E-state index contributed by atoms with van der Waals surface area (Å²) in [5.41, 5.74) is 0.159. The average molecular weight is 254 g/mol. The minimum Gasteiger partial charge on any atom is -0.469 e. The van der Waals surface area contributed by atoms with Gasteiger partial charge in [-0.25, -0.2) is 0 Å². The maximum Gasteiger partial charge on any atom is 0.311 e. The molecule has 0 saturated heterocycles. The van der Waals surface area contributed by atoms with Crippen molar-refractivity contribution in [1.82, 2.24) is 0 Å². The molecule has 0 aromatic heterocycles. The second kappa shape index (κ2) is 4.52. The first kappa shape index (κ1) is 13.9. The molecule has 2 rings (SSSR count). The molecule has 3 nitrogen and oxygen atoms in total. The lowest BCUT2D eigenvalue weighted by Crippen LogP contribution is -2.55. The molecule has 0 bridgehead atoms. The number of aliphatic hydroxyl groups excluding tert-OH is 1. The van der Waals surface area contributed by atoms with E-state index in [4.69, 9.17) is 4.74 Å². The molecule has 0 heterocycles. The number of rotatable bonds is 1. The summed E-state index contributed by atoms with van der Waals surface area (Å²) in [5, 5.41) is 10.2. The molecular formula is C15H26O3. The quantitative estimate of drug-likeness (QED) is 0.732. The van der Waals surface area contributed by atoms with E-state index in [0.717, 1.165) is 25.7 Å². The van der Waals surface area contributed by atoms with Gasteiger partial charge in [0.25, 0.3) is 0 Å². The summed E-state index contributed by atoms with van der Waals surface area (Å²) in [4.78, 5) is 12.1. The normalized spacial score (nSPS) is 43.1. The molecule has 0 amide bonds. The highest BCUT2D eigenvalue weighted by Crippen LogP contribution is 2.59. The Labute approximate surface area is 110 Å². The molecule has 4 atom stereocenters. The minimum absolute atomic E-state index is 0.105. The van der Waals surface area contributed by atoms with Gasteiger partial charge in [-0.05, 0) is 42.4 Å². The molecule has 104 valence electrons. The number of carbonyl (C=O) groups is 1. The SMILES string of the molecule is COC(=O)[C@H]1[C@H](O)CCC2C(C)(C)CCC[C@@]21C. The Morgan fingerprint density at radius 2 is 1.89 bits per heavy atom. The van der Waals surface area contributed by atoms with Crippen LogP contribution in [0.5, 0.6) is 0 Å². The van der Waals surface area contributed by atoms with Gasteiger partial charge in [0.1, 0.15) is 0 Å². The molecule has 0 aromatic rings. The summed E-state index contributed by atoms with van der Waals surface area (Å²) >= 11 is 0. The number of hydrogen-bond donors (Lipinski definition) is 1. The molecule has 0 aliphatic heterocycles. The van der Waals surface area contributed by atoms with Gasteiger partial charge in [0.05, 0.1) is 19.1 Å². The van der Waals surface area contributed by atoms with Crippen LogP contribution in [-0.4, -0.2) is 24.3 Å². The van der Waals surface area contributed by atoms with Crippen LogP contribution in [0.1, 0.15) is 52.9 Å². The molecule has 0 aromatic carbocycles. The first-order valence-electron chi connectivity index (χ1n) is 7.09. The van der Waals surface area contributed by atoms with Gasteiger partial charge in [-0.3, -0.25) is 4.79 Å². The van der Waals surface area contributed by atoms with Crippen LogP contribution < -0.4 is 0 Å². The van der Waals surface area contributed by atoms with E-state index >= 15 is 0 Å². The molecule has 2 aliphatic carbocycles. The minimum atomic E-state index is -0.535. The predicted octanol–water partition coefficient (Wildman–Crippen LogP) is 2.76. The molecule has 2 saturated carbocycles. The summed E-state index contributed by atoms with van der Waals surface area (Å²) in [7, 11) is 1.43. The number of esters is 1. The molecule has 18 heavy (non-hydrogen) atoms. The van der Waals surface area contributed by atoms with Crippen LogP contribution in [-0.2, 0) is 9.53 Å². The van der Waals surface area contributed by atoms with Crippen LogP contribution in [0.25, 0.3) is 0 Å². The molecule has 0 spiro atoms. The molecule has 2 aliphatic rings. The van der Waals surface area contributed by atoms with E-state index in [1.807, 2.05) is 0 Å². The molecule has 0 radical (unpaired) electrons. The van der Waals surface area contributed by atoms with Crippen molar-refractivity contribution in [2.24, 2.45) is 22.7 Å². The van der Waals surface area contributed by atoms with Gasteiger partial charge in [0.2, 0.25) is 0 Å². The van der Waals surface area contributed by atoms with Crippen molar-refractivity contribution in [3.05, 3.63) is 0 Å². The number of hydrogen-bond acceptors (Lipinski definition) is 3. The monoisotopic (exact) mass is 254 g/mol. The predicted molar refractivity (Wildman–Crippen MR) is 70.0 cm³/mol. The lowest BCUT2D eigenvalue weighted by Gasteiger charge is -2.57. The Hall–Kier alpha value is -0.570. The Morgan fingerprint density at radius 1 is 1.22 bits per heavy atom. The van der Waals surface area contributed by atoms with E-state index in [-0.39, 0.29) is 22.7 Å². The van der Waals surface area contributed by atoms with Crippen molar-refractivity contribution in [2.45, 2.75) is 59.0 Å². The molecule has 1 N–H and O–H groups in total. The van der Waals surface area contributed by atoms with E-state index in [0.29, 0.717) is 5.92 Å². The second-order valence-electron chi connectivity index (χ2n) is 7.05. The van der Waals surface area contributed by atoms with E-state index in [2.05, 4.69) is 20.8 Å². The van der Waals surface area contributed by atoms with Crippen LogP contribution in [0.4, 0.5) is 0 Å². The fraction of sp³-hybridized carbons (Fsp3) is 0.933. The van der Waals surface area contributed by atoms with Crippen molar-refractivity contribution in [1.29, 1.82) is 0 Å². The fourth-order valence-electron chi connectivity index (χ4n) is 4.76. The standard InChI is InChI=1S/C15H26O3/c1-14(2)8-5-9-15(3)11(14)7-6-10(16)12(15)13(17)18-4/h10-12,16H,5-9H2,1-4H3/t10-,11?,12-,15+/m1/s1. The van der Waals surface area contributed by atoms with Crippen LogP contribution in [0, 0.1) is 22.7 Å². The van der Waals surface area contributed by atoms with Crippen LogP contribution in [0.3, 0.4) is 0 Å². The first-order valence-corrected chi connectivity index (χ1v) is 7.09. The van der Waals surface area contributed by atoms with Crippen molar-refractivity contribution < 1.29 is 14.6 Å². The first-order chi connectivity index (χ1) is 8.33. The van der Waals surface area contributed by atoms with Crippen molar-refractivity contribution in [2.75, 3.05) is 7.11 Å². The summed E-state index contributed by atoms with van der Waals surface area (Å²) in [6, 6.07) is 0. The highest BCUT2D eigenvalue weighted by atomic mass is 16.5. The smallest absolute Gasteiger partial charge is 0.311 e. The maximum atomic E-state index is 12.1. The lowest BCUT2D eigenvalue weighted by molar-refractivity contribution is -0.175. The average Bonchev–Trinajstić information content (AvgIpc) is 2.26. The Kier molecular flexibility index (Phi) is 3.48. The van der Waals surface area contributed by atoms with Gasteiger partial charge in [-0.15, -0.1) is 0 Å². The van der Waals surface area contributed by atoms with Crippen LogP contribution in [0.15, 0.2) is 0 Å². The maximum absolute atomic E-state index is 12.1. The van der Waals surface area contributed by atoms with Gasteiger partial charge >= 0.3 is 5.97 Å². The van der Waals surface area contributed by atoms with Gasteiger partial charge in [-0.1, -0.05) is 27.2 Å². The molecule has 1 unspecified atom stereocenters. The van der Waals surface area contributed by atoms with Crippen LogP contribution in [0.2, 0.25) is 0 Å². The fourth-order valence-corrected chi connectivity index (χ4v) is 4.76. The number of carbonyl (C=O) groups excluding carboxylic acids is 1. The van der Waals surface area contributed by atoms with Crippen molar-refractivity contribution in [3.63, 3.8) is 0 Å². The lowest BCUT2D eigenvalue weighted by atomic mass is 9.48. The summed E-state index contributed by atoms with van der Waals surface area (Å²) in [6.45, 7) is 6.80. The molecule has 3 heteroatoms. The summed E-state index contributed by atoms with van der Waals surface area (Å²) in [6.07, 6.45) is 4.60. The summed E-state index contributed by atoms with van der Waals surface area (Å²) in [5.74, 6) is -0.0699. The van der Waals surface area contributed by atoms with Gasteiger partial charge in [0, 0.05) is 0 Å². The third kappa shape index (κ3) is 1.97. The Bertz CT molecular complexity index is 337. The van der Waals surface area contributed by atoms with E-state index in [1.165, 1.54) is 13.5 Å². The van der Waals surface area contributed by atoms with E-state index < -0.39 is 6.10 Å². The van der Waals surface area contributed by atoms with E-state index in [9.17, 15) is 9.90 Å². The highest BCUT2D eigenvalue weighted by molar-refractivity contribution is 5.74. The summed E-state index contributed by atoms with van der Waals surface area (Å²) < 4.78 is 4.94. The molecular weight excluding hydrogens is 228 g/mol. The molecule has 2 fully saturated rings. The van der Waals surface area contributed by atoms with Crippen molar-refractivity contribution in [3.8, 4) is 0 Å². The zero-order valence-electron chi connectivity index (χ0n) is 12.0. The second-order valence-corrected chi connectivity index (χ2v) is 7.05. The van der Waals surface area contributed by atoms with Crippen LogP contribution >= 0.6 is 0 Å². The highest BCUT2D eigenvalue weighted by Gasteiger charge is 2.57. The topological polar surface area (TPSA) is 46.5 Å². The Morgan fingerprint density at radius 3 is 2.50 bits per heavy atom. The zero-order chi connectivity index (χ0) is 13.6. The number of aliphatic hydroxyl groups is 1. The van der Waals surface area contributed by atoms with Gasteiger partial charge < -0.3 is 9.84 Å². The third-order valence-electron chi connectivity index (χ3n) is 5.58. The number of methoxy groups -OCH3 is 1. The zero-order valence-corrected chi connectivity index (χ0v) is 12.0.